The molecule has 9 heteroatoms. The Labute approximate surface area is 198 Å². The molecule has 2 heterocycles. The molecule has 0 aliphatic carbocycles. The van der Waals surface area contributed by atoms with Gasteiger partial charge < -0.3 is 9.32 Å². The highest BCUT2D eigenvalue weighted by Gasteiger charge is 2.20. The number of nitrogens with one attached hydrogen (secondary N) is 1. The first kappa shape index (κ1) is 23.7. The van der Waals surface area contributed by atoms with Crippen LogP contribution >= 0.6 is 0 Å². The van der Waals surface area contributed by atoms with E-state index in [0.29, 0.717) is 11.8 Å². The summed E-state index contributed by atoms with van der Waals surface area (Å²) < 4.78 is 31.2. The summed E-state index contributed by atoms with van der Waals surface area (Å²) in [4.78, 5) is 19.1. The van der Waals surface area contributed by atoms with E-state index in [1.54, 1.807) is 0 Å². The normalized spacial score (nSPS) is 14.6. The molecule has 3 aromatic carbocycles. The number of rotatable bonds is 4. The molecule has 8 nitrogen and oxygen atoms in total. The third-order valence-electron chi connectivity index (χ3n) is 5.58. The zero-order chi connectivity index (χ0) is 24.1. The molecule has 0 amide bonds. The number of fused-ring (bicyclic) bond motifs is 1. The van der Waals surface area contributed by atoms with Crippen LogP contribution in [0.5, 0.6) is 0 Å². The second-order valence-electron chi connectivity index (χ2n) is 8.23. The second-order valence-corrected chi connectivity index (χ2v) is 9.70. The number of H-pyrrole nitrogens is 1. The van der Waals surface area contributed by atoms with Crippen molar-refractivity contribution in [3.8, 4) is 11.1 Å². The first-order valence-electron chi connectivity index (χ1n) is 10.9. The molecule has 0 bridgehead atoms. The highest BCUT2D eigenvalue weighted by atomic mass is 32.2. The van der Waals surface area contributed by atoms with Crippen molar-refractivity contribution >= 4 is 26.9 Å². The number of anilines is 1. The van der Waals surface area contributed by atoms with Crippen molar-refractivity contribution in [1.29, 1.82) is 0 Å². The first-order valence-corrected chi connectivity index (χ1v) is 12.8. The third kappa shape index (κ3) is 6.34. The van der Waals surface area contributed by atoms with E-state index < -0.39 is 15.9 Å². The lowest BCUT2D eigenvalue weighted by atomic mass is 10.0. The predicted octanol–water partition coefficient (Wildman–Crippen LogP) is 3.61. The summed E-state index contributed by atoms with van der Waals surface area (Å²) in [5, 5.41) is 0. The average Bonchev–Trinajstić information content (AvgIpc) is 3.20. The van der Waals surface area contributed by atoms with E-state index in [4.69, 9.17) is 8.97 Å². The van der Waals surface area contributed by atoms with Crippen LogP contribution in [0.4, 0.5) is 5.69 Å². The van der Waals surface area contributed by atoms with Crippen LogP contribution in [-0.4, -0.2) is 55.3 Å². The van der Waals surface area contributed by atoms with E-state index in [0.717, 1.165) is 43.9 Å². The summed E-state index contributed by atoms with van der Waals surface area (Å²) >= 11 is 0. The predicted molar refractivity (Wildman–Crippen MR) is 134 cm³/mol. The Morgan fingerprint density at radius 2 is 1.56 bits per heavy atom. The summed E-state index contributed by atoms with van der Waals surface area (Å²) in [6, 6.07) is 25.2. The second kappa shape index (κ2) is 10.3. The molecule has 1 saturated heterocycles. The molecule has 34 heavy (non-hydrogen) atoms. The van der Waals surface area contributed by atoms with Gasteiger partial charge in [0.25, 0.3) is 10.1 Å². The molecule has 5 rings (SSSR count). The number of aromatic nitrogens is 1. The van der Waals surface area contributed by atoms with Gasteiger partial charge in [0, 0.05) is 32.7 Å². The zero-order valence-electron chi connectivity index (χ0n) is 18.8. The fraction of sp³-hybridized carbons (Fsp3) is 0.240. The number of nitrogens with zero attached hydrogens (tertiary/aromatic N) is 2. The number of hydrogen-bond donors (Lipinski definition) is 2. The smallest absolute Gasteiger partial charge is 0.406 e. The summed E-state index contributed by atoms with van der Waals surface area (Å²) in [6.07, 6.45) is 0.715. The van der Waals surface area contributed by atoms with Crippen LogP contribution in [0.15, 0.2) is 82.0 Å². The third-order valence-corrected chi connectivity index (χ3v) is 5.58. The number of para-hydroxylation sites is 1. The molecule has 0 saturated carbocycles. The van der Waals surface area contributed by atoms with Gasteiger partial charge in [0.1, 0.15) is 0 Å². The number of oxazole rings is 1. The van der Waals surface area contributed by atoms with Crippen LogP contribution in [0.2, 0.25) is 0 Å². The van der Waals surface area contributed by atoms with Gasteiger partial charge in [0.05, 0.1) is 17.5 Å². The zero-order valence-corrected chi connectivity index (χ0v) is 19.7. The Bertz CT molecular complexity index is 1400. The molecule has 0 atom stereocenters. The fourth-order valence-electron chi connectivity index (χ4n) is 4.09. The molecule has 0 spiro atoms. The summed E-state index contributed by atoms with van der Waals surface area (Å²) in [7, 11) is -3.67. The highest BCUT2D eigenvalue weighted by molar-refractivity contribution is 7.85. The minimum absolute atomic E-state index is 0.399. The standard InChI is InChI=1S/C24H23N3O2.CH4O3S/c28-24-25-21-10-5-11-22(23(21)29-24)27-14-12-26(13-15-27)17-18-6-4-9-20(16-18)19-7-2-1-3-8-19;1-5(2,3)4/h1-11,16H,12-15,17H2,(H,25,28);1H3,(H,2,3,4). The SMILES string of the molecule is CS(=O)(=O)O.O=c1[nH]c2cccc(N3CCN(Cc4cccc(-c5ccccc5)c4)CC3)c2o1. The molecule has 1 fully saturated rings. The largest absolute Gasteiger partial charge is 0.417 e. The summed E-state index contributed by atoms with van der Waals surface area (Å²) in [5.41, 5.74) is 6.25. The number of hydrogen-bond acceptors (Lipinski definition) is 6. The van der Waals surface area contributed by atoms with E-state index >= 15 is 0 Å². The minimum Gasteiger partial charge on any atom is -0.406 e. The van der Waals surface area contributed by atoms with Crippen LogP contribution in [0, 0.1) is 0 Å². The molecule has 1 aromatic heterocycles. The minimum atomic E-state index is -3.67. The van der Waals surface area contributed by atoms with Gasteiger partial charge >= 0.3 is 5.76 Å². The van der Waals surface area contributed by atoms with Crippen LogP contribution < -0.4 is 10.7 Å². The first-order chi connectivity index (χ1) is 16.3. The van der Waals surface area contributed by atoms with Gasteiger partial charge in [-0.2, -0.15) is 8.42 Å². The number of benzene rings is 3. The van der Waals surface area contributed by atoms with Crippen molar-refractivity contribution in [3.05, 3.63) is 88.9 Å². The van der Waals surface area contributed by atoms with Gasteiger partial charge in [-0.25, -0.2) is 4.79 Å². The Morgan fingerprint density at radius 1 is 0.912 bits per heavy atom. The number of aromatic amines is 1. The van der Waals surface area contributed by atoms with Gasteiger partial charge in [0.2, 0.25) is 0 Å². The molecule has 4 aromatic rings. The molecule has 178 valence electrons. The molecule has 0 unspecified atom stereocenters. The van der Waals surface area contributed by atoms with Gasteiger partial charge in [-0.1, -0.05) is 54.6 Å². The summed E-state index contributed by atoms with van der Waals surface area (Å²) in [5.74, 6) is -0.399. The van der Waals surface area contributed by atoms with E-state index in [9.17, 15) is 13.2 Å². The summed E-state index contributed by atoms with van der Waals surface area (Å²) in [6.45, 7) is 4.71. The maximum absolute atomic E-state index is 11.6. The maximum atomic E-state index is 11.6. The average molecular weight is 482 g/mol. The van der Waals surface area contributed by atoms with E-state index in [-0.39, 0.29) is 0 Å². The Morgan fingerprint density at radius 3 is 2.26 bits per heavy atom. The highest BCUT2D eigenvalue weighted by Crippen LogP contribution is 2.26. The molecule has 0 radical (unpaired) electrons. The van der Waals surface area contributed by atoms with Gasteiger partial charge in [-0.15, -0.1) is 0 Å². The van der Waals surface area contributed by atoms with Crippen molar-refractivity contribution in [2.45, 2.75) is 6.54 Å². The number of piperazine rings is 1. The molecular weight excluding hydrogens is 454 g/mol. The maximum Gasteiger partial charge on any atom is 0.417 e. The van der Waals surface area contributed by atoms with E-state index in [1.165, 1.54) is 16.7 Å². The molecule has 2 N–H and O–H groups in total. The van der Waals surface area contributed by atoms with Crippen molar-refractivity contribution in [1.82, 2.24) is 9.88 Å². The Hall–Kier alpha value is -3.40. The lowest BCUT2D eigenvalue weighted by Crippen LogP contribution is -2.46. The van der Waals surface area contributed by atoms with Crippen molar-refractivity contribution in [3.63, 3.8) is 0 Å². The monoisotopic (exact) mass is 481 g/mol. The van der Waals surface area contributed by atoms with Crippen molar-refractivity contribution < 1.29 is 17.4 Å². The fourth-order valence-corrected chi connectivity index (χ4v) is 4.09. The van der Waals surface area contributed by atoms with Gasteiger partial charge in [-0.3, -0.25) is 14.4 Å². The van der Waals surface area contributed by atoms with Gasteiger partial charge in [-0.05, 0) is 34.9 Å². The van der Waals surface area contributed by atoms with Crippen LogP contribution in [0.25, 0.3) is 22.2 Å². The topological polar surface area (TPSA) is 107 Å². The van der Waals surface area contributed by atoms with E-state index in [2.05, 4.69) is 63.3 Å². The lowest BCUT2D eigenvalue weighted by molar-refractivity contribution is 0.250. The van der Waals surface area contributed by atoms with Crippen molar-refractivity contribution in [2.24, 2.45) is 0 Å². The lowest BCUT2D eigenvalue weighted by Gasteiger charge is -2.36. The van der Waals surface area contributed by atoms with Crippen LogP contribution in [-0.2, 0) is 16.7 Å². The van der Waals surface area contributed by atoms with Gasteiger partial charge in [0.15, 0.2) is 5.58 Å². The van der Waals surface area contributed by atoms with Crippen molar-refractivity contribution in [2.75, 3.05) is 37.3 Å². The van der Waals surface area contributed by atoms with Crippen LogP contribution in [0.3, 0.4) is 0 Å². The Kier molecular flexibility index (Phi) is 7.16. The molecule has 1 aliphatic rings. The molecule has 1 aliphatic heterocycles. The quantitative estimate of drug-likeness (QED) is 0.429. The molecular formula is C25H27N3O5S. The van der Waals surface area contributed by atoms with Crippen LogP contribution in [0.1, 0.15) is 5.56 Å². The Balaban J connectivity index is 0.000000499. The van der Waals surface area contributed by atoms with E-state index in [1.807, 2.05) is 24.3 Å².